The van der Waals surface area contributed by atoms with E-state index < -0.39 is 17.8 Å². The van der Waals surface area contributed by atoms with Crippen molar-refractivity contribution < 1.29 is 18.3 Å². The van der Waals surface area contributed by atoms with Gasteiger partial charge in [-0.2, -0.15) is 13.2 Å². The molecule has 1 atom stereocenters. The molecule has 1 nitrogen and oxygen atoms in total. The lowest BCUT2D eigenvalue weighted by molar-refractivity contribution is -0.137. The Morgan fingerprint density at radius 3 is 2.41 bits per heavy atom. The smallest absolute Gasteiger partial charge is 0.388 e. The van der Waals surface area contributed by atoms with E-state index in [0.29, 0.717) is 17.5 Å². The van der Waals surface area contributed by atoms with Crippen molar-refractivity contribution in [3.63, 3.8) is 0 Å². The van der Waals surface area contributed by atoms with E-state index in [-0.39, 0.29) is 0 Å². The Kier molecular flexibility index (Phi) is 4.57. The third kappa shape index (κ3) is 3.73. The van der Waals surface area contributed by atoms with Crippen LogP contribution in [0.15, 0.2) is 18.2 Å². The van der Waals surface area contributed by atoms with Crippen LogP contribution in [-0.4, -0.2) is 5.11 Å². The number of rotatable bonds is 4. The van der Waals surface area contributed by atoms with Gasteiger partial charge < -0.3 is 5.11 Å². The number of aliphatic hydroxyl groups is 1. The molecule has 1 rings (SSSR count). The zero-order chi connectivity index (χ0) is 13.1. The maximum atomic E-state index is 12.4. The van der Waals surface area contributed by atoms with E-state index in [2.05, 4.69) is 0 Å². The van der Waals surface area contributed by atoms with Crippen LogP contribution in [0.4, 0.5) is 13.2 Å². The Balaban J connectivity index is 2.90. The molecule has 0 saturated carbocycles. The molecule has 0 aromatic heterocycles. The van der Waals surface area contributed by atoms with E-state index in [1.807, 2.05) is 6.92 Å². The average Bonchev–Trinajstić information content (AvgIpc) is 2.24. The second-order valence-corrected chi connectivity index (χ2v) is 4.23. The van der Waals surface area contributed by atoms with Gasteiger partial charge in [-0.25, -0.2) is 0 Å². The first kappa shape index (κ1) is 14.0. The maximum absolute atomic E-state index is 12.4. The van der Waals surface area contributed by atoms with E-state index in [1.165, 1.54) is 6.07 Å². The largest absolute Gasteiger partial charge is 0.416 e. The minimum atomic E-state index is -4.32. The Hall–Kier alpha value is -1.03. The Bertz CT molecular complexity index is 371. The first-order valence-electron chi connectivity index (χ1n) is 5.72. The van der Waals surface area contributed by atoms with Gasteiger partial charge in [-0.1, -0.05) is 25.8 Å². The topological polar surface area (TPSA) is 20.2 Å². The van der Waals surface area contributed by atoms with E-state index in [4.69, 9.17) is 0 Å². The SMILES string of the molecule is CCCCC(O)c1ccc(C(F)(F)F)cc1C. The molecule has 0 aliphatic rings. The summed E-state index contributed by atoms with van der Waals surface area (Å²) in [6, 6.07) is 3.49. The Morgan fingerprint density at radius 1 is 1.29 bits per heavy atom. The van der Waals surface area contributed by atoms with Crippen LogP contribution >= 0.6 is 0 Å². The van der Waals surface area contributed by atoms with Crippen molar-refractivity contribution in [2.24, 2.45) is 0 Å². The van der Waals surface area contributed by atoms with Crippen molar-refractivity contribution in [1.82, 2.24) is 0 Å². The first-order valence-corrected chi connectivity index (χ1v) is 5.72. The number of hydrogen-bond acceptors (Lipinski definition) is 1. The zero-order valence-electron chi connectivity index (χ0n) is 10.0. The number of hydrogen-bond donors (Lipinski definition) is 1. The van der Waals surface area contributed by atoms with E-state index in [1.54, 1.807) is 6.92 Å². The molecule has 1 aromatic carbocycles. The summed E-state index contributed by atoms with van der Waals surface area (Å²) in [5, 5.41) is 9.84. The van der Waals surface area contributed by atoms with Crippen molar-refractivity contribution in [3.05, 3.63) is 34.9 Å². The zero-order valence-corrected chi connectivity index (χ0v) is 10.0. The Labute approximate surface area is 99.3 Å². The number of halogens is 3. The van der Waals surface area contributed by atoms with Gasteiger partial charge in [-0.3, -0.25) is 0 Å². The van der Waals surface area contributed by atoms with Crippen LogP contribution in [-0.2, 0) is 6.18 Å². The van der Waals surface area contributed by atoms with Crippen molar-refractivity contribution in [2.75, 3.05) is 0 Å². The minimum Gasteiger partial charge on any atom is -0.388 e. The highest BCUT2D eigenvalue weighted by molar-refractivity contribution is 5.33. The molecule has 1 aromatic rings. The molecule has 0 aliphatic heterocycles. The highest BCUT2D eigenvalue weighted by Gasteiger charge is 2.30. The molecule has 1 N–H and O–H groups in total. The lowest BCUT2D eigenvalue weighted by Gasteiger charge is -2.15. The molecule has 0 radical (unpaired) electrons. The minimum absolute atomic E-state index is 0.489. The van der Waals surface area contributed by atoms with Crippen LogP contribution in [0.5, 0.6) is 0 Å². The summed E-state index contributed by atoms with van der Waals surface area (Å²) < 4.78 is 37.3. The number of alkyl halides is 3. The molecular weight excluding hydrogens is 229 g/mol. The summed E-state index contributed by atoms with van der Waals surface area (Å²) in [6.07, 6.45) is -2.59. The first-order chi connectivity index (χ1) is 7.86. The fourth-order valence-electron chi connectivity index (χ4n) is 1.78. The molecule has 4 heteroatoms. The van der Waals surface area contributed by atoms with Gasteiger partial charge in [0.15, 0.2) is 0 Å². The molecule has 0 saturated heterocycles. The standard InChI is InChI=1S/C13H17F3O/c1-3-4-5-12(17)11-7-6-10(8-9(11)2)13(14,15)16/h6-8,12,17H,3-5H2,1-2H3. The van der Waals surface area contributed by atoms with Crippen molar-refractivity contribution in [3.8, 4) is 0 Å². The molecule has 0 aliphatic carbocycles. The van der Waals surface area contributed by atoms with E-state index in [9.17, 15) is 18.3 Å². The summed E-state index contributed by atoms with van der Waals surface area (Å²) in [5.41, 5.74) is 0.413. The average molecular weight is 246 g/mol. The van der Waals surface area contributed by atoms with Gasteiger partial charge in [0, 0.05) is 0 Å². The molecule has 96 valence electrons. The molecule has 0 spiro atoms. The Morgan fingerprint density at radius 2 is 1.94 bits per heavy atom. The summed E-state index contributed by atoms with van der Waals surface area (Å²) >= 11 is 0. The second-order valence-electron chi connectivity index (χ2n) is 4.23. The summed E-state index contributed by atoms with van der Waals surface area (Å²) in [4.78, 5) is 0. The number of aliphatic hydroxyl groups excluding tert-OH is 1. The van der Waals surface area contributed by atoms with Crippen LogP contribution < -0.4 is 0 Å². The van der Waals surface area contributed by atoms with E-state index in [0.717, 1.165) is 25.0 Å². The predicted octanol–water partition coefficient (Wildman–Crippen LogP) is 4.24. The molecule has 0 fully saturated rings. The van der Waals surface area contributed by atoms with Crippen molar-refractivity contribution in [2.45, 2.75) is 45.4 Å². The normalized spacial score (nSPS) is 13.8. The van der Waals surface area contributed by atoms with Gasteiger partial charge in [0.05, 0.1) is 11.7 Å². The second kappa shape index (κ2) is 5.54. The van der Waals surface area contributed by atoms with Gasteiger partial charge in [0.1, 0.15) is 0 Å². The molecule has 0 heterocycles. The summed E-state index contributed by atoms with van der Waals surface area (Å²) in [7, 11) is 0. The highest BCUT2D eigenvalue weighted by atomic mass is 19.4. The number of unbranched alkanes of at least 4 members (excludes halogenated alkanes) is 1. The van der Waals surface area contributed by atoms with Crippen molar-refractivity contribution >= 4 is 0 Å². The molecule has 17 heavy (non-hydrogen) atoms. The summed E-state index contributed by atoms with van der Waals surface area (Å²) in [6.45, 7) is 3.60. The van der Waals surface area contributed by atoms with Gasteiger partial charge in [-0.15, -0.1) is 0 Å². The maximum Gasteiger partial charge on any atom is 0.416 e. The fraction of sp³-hybridized carbons (Fsp3) is 0.538. The quantitative estimate of drug-likeness (QED) is 0.842. The molecule has 0 amide bonds. The lowest BCUT2D eigenvalue weighted by atomic mass is 9.97. The number of aryl methyl sites for hydroxylation is 1. The number of benzene rings is 1. The van der Waals surface area contributed by atoms with Gasteiger partial charge in [0.2, 0.25) is 0 Å². The van der Waals surface area contributed by atoms with Crippen LogP contribution in [0.25, 0.3) is 0 Å². The van der Waals surface area contributed by atoms with Crippen LogP contribution in [0, 0.1) is 6.92 Å². The fourth-order valence-corrected chi connectivity index (χ4v) is 1.78. The van der Waals surface area contributed by atoms with Gasteiger partial charge >= 0.3 is 6.18 Å². The molecular formula is C13H17F3O. The lowest BCUT2D eigenvalue weighted by Crippen LogP contribution is -2.07. The predicted molar refractivity (Wildman–Crippen MR) is 60.7 cm³/mol. The van der Waals surface area contributed by atoms with Crippen LogP contribution in [0.1, 0.15) is 49.0 Å². The van der Waals surface area contributed by atoms with E-state index >= 15 is 0 Å². The monoisotopic (exact) mass is 246 g/mol. The van der Waals surface area contributed by atoms with Crippen LogP contribution in [0.3, 0.4) is 0 Å². The third-order valence-corrected chi connectivity index (χ3v) is 2.79. The highest BCUT2D eigenvalue weighted by Crippen LogP contribution is 2.32. The molecule has 0 bridgehead atoms. The van der Waals surface area contributed by atoms with Gasteiger partial charge in [0.25, 0.3) is 0 Å². The van der Waals surface area contributed by atoms with Crippen molar-refractivity contribution in [1.29, 1.82) is 0 Å². The summed E-state index contributed by atoms with van der Waals surface area (Å²) in [5.74, 6) is 0. The third-order valence-electron chi connectivity index (χ3n) is 2.79. The molecule has 1 unspecified atom stereocenters. The van der Waals surface area contributed by atoms with Gasteiger partial charge in [-0.05, 0) is 36.6 Å². The van der Waals surface area contributed by atoms with Crippen LogP contribution in [0.2, 0.25) is 0 Å².